The maximum atomic E-state index is 5.97. The Kier molecular flexibility index (Phi) is 3.84. The van der Waals surface area contributed by atoms with Crippen LogP contribution in [0.4, 0.5) is 0 Å². The summed E-state index contributed by atoms with van der Waals surface area (Å²) in [7, 11) is 0. The molecule has 3 N–H and O–H groups in total. The second-order valence-electron chi connectivity index (χ2n) is 5.48. The van der Waals surface area contributed by atoms with Crippen molar-refractivity contribution >= 4 is 22.8 Å². The van der Waals surface area contributed by atoms with Crippen LogP contribution in [0.25, 0.3) is 16.7 Å². The Morgan fingerprint density at radius 3 is 2.58 bits per heavy atom. The number of nitrogens with two attached hydrogens (primary N) is 1. The van der Waals surface area contributed by atoms with E-state index in [9.17, 15) is 0 Å². The van der Waals surface area contributed by atoms with Gasteiger partial charge in [0, 0.05) is 12.1 Å². The largest absolute Gasteiger partial charge is 0.333 e. The van der Waals surface area contributed by atoms with Crippen molar-refractivity contribution < 1.29 is 0 Å². The Balaban J connectivity index is 1.81. The van der Waals surface area contributed by atoms with Gasteiger partial charge in [0.15, 0.2) is 5.16 Å². The molecule has 0 saturated heterocycles. The topological polar surface area (TPSA) is 72.5 Å². The number of imidazole rings is 1. The van der Waals surface area contributed by atoms with Gasteiger partial charge >= 0.3 is 0 Å². The van der Waals surface area contributed by atoms with Crippen LogP contribution in [0.3, 0.4) is 0 Å². The van der Waals surface area contributed by atoms with Crippen LogP contribution in [0.2, 0.25) is 0 Å². The van der Waals surface area contributed by atoms with Gasteiger partial charge in [-0.3, -0.25) is 0 Å². The molecule has 24 heavy (non-hydrogen) atoms. The van der Waals surface area contributed by atoms with Crippen LogP contribution in [0.15, 0.2) is 64.8 Å². The zero-order valence-electron chi connectivity index (χ0n) is 13.2. The average Bonchev–Trinajstić information content (AvgIpc) is 3.16. The minimum absolute atomic E-state index is 0.446. The lowest BCUT2D eigenvalue weighted by molar-refractivity contribution is 0.786. The molecule has 0 spiro atoms. The van der Waals surface area contributed by atoms with Crippen LogP contribution < -0.4 is 5.73 Å². The van der Waals surface area contributed by atoms with Crippen molar-refractivity contribution in [2.75, 3.05) is 0 Å². The maximum absolute atomic E-state index is 5.97. The van der Waals surface area contributed by atoms with Crippen molar-refractivity contribution in [1.29, 1.82) is 0 Å². The van der Waals surface area contributed by atoms with E-state index in [1.54, 1.807) is 11.8 Å². The third kappa shape index (κ3) is 2.60. The Bertz CT molecular complexity index is 954. The number of rotatable bonds is 4. The number of hydrogen-bond acceptors (Lipinski definition) is 4. The van der Waals surface area contributed by atoms with Crippen LogP contribution in [-0.4, -0.2) is 19.7 Å². The van der Waals surface area contributed by atoms with Gasteiger partial charge in [0.05, 0.1) is 22.4 Å². The van der Waals surface area contributed by atoms with Gasteiger partial charge in [0.25, 0.3) is 0 Å². The third-order valence-corrected chi connectivity index (χ3v) is 4.90. The smallest absolute Gasteiger partial charge is 0.172 e. The van der Waals surface area contributed by atoms with E-state index in [1.165, 1.54) is 0 Å². The van der Waals surface area contributed by atoms with E-state index in [1.807, 2.05) is 66.2 Å². The highest BCUT2D eigenvalue weighted by molar-refractivity contribution is 7.99. The minimum Gasteiger partial charge on any atom is -0.333 e. The number of hydrogen-bond donors (Lipinski definition) is 2. The summed E-state index contributed by atoms with van der Waals surface area (Å²) >= 11 is 1.56. The van der Waals surface area contributed by atoms with E-state index in [-0.39, 0.29) is 0 Å². The number of fused-ring (bicyclic) bond motifs is 1. The molecule has 2 aromatic carbocycles. The van der Waals surface area contributed by atoms with Gasteiger partial charge in [-0.2, -0.15) is 5.10 Å². The number of nitrogens with zero attached hydrogens (tertiary/aromatic N) is 3. The zero-order chi connectivity index (χ0) is 16.5. The summed E-state index contributed by atoms with van der Waals surface area (Å²) in [4.78, 5) is 8.01. The first kappa shape index (κ1) is 15.0. The van der Waals surface area contributed by atoms with Crippen LogP contribution in [0.1, 0.15) is 11.3 Å². The number of aromatic nitrogens is 4. The molecule has 5 nitrogen and oxygen atoms in total. The van der Waals surface area contributed by atoms with Crippen LogP contribution in [-0.2, 0) is 6.54 Å². The highest BCUT2D eigenvalue weighted by atomic mass is 32.2. The van der Waals surface area contributed by atoms with Crippen LogP contribution in [0, 0.1) is 6.92 Å². The number of benzene rings is 2. The van der Waals surface area contributed by atoms with E-state index < -0.39 is 0 Å². The summed E-state index contributed by atoms with van der Waals surface area (Å²) in [5.41, 5.74) is 11.0. The molecular weight excluding hydrogens is 318 g/mol. The highest BCUT2D eigenvalue weighted by Crippen LogP contribution is 2.33. The zero-order valence-corrected chi connectivity index (χ0v) is 14.0. The molecule has 2 heterocycles. The molecule has 0 unspecified atom stereocenters. The van der Waals surface area contributed by atoms with E-state index in [2.05, 4.69) is 15.1 Å². The predicted molar refractivity (Wildman–Crippen MR) is 96.4 cm³/mol. The van der Waals surface area contributed by atoms with Crippen LogP contribution >= 0.6 is 11.8 Å². The highest BCUT2D eigenvalue weighted by Gasteiger charge is 2.18. The normalized spacial score (nSPS) is 11.2. The number of nitrogens with one attached hydrogen (secondary N) is 1. The molecule has 0 aliphatic rings. The molecule has 4 aromatic rings. The third-order valence-electron chi connectivity index (χ3n) is 3.90. The monoisotopic (exact) mass is 335 g/mol. The Morgan fingerprint density at radius 2 is 1.83 bits per heavy atom. The molecule has 2 aromatic heterocycles. The molecule has 0 bridgehead atoms. The number of H-pyrrole nitrogens is 1. The molecule has 6 heteroatoms. The summed E-state index contributed by atoms with van der Waals surface area (Å²) in [6.07, 6.45) is 0. The van der Waals surface area contributed by atoms with Gasteiger partial charge < -0.3 is 10.7 Å². The number of para-hydroxylation sites is 3. The van der Waals surface area contributed by atoms with E-state index in [4.69, 9.17) is 5.73 Å². The van der Waals surface area contributed by atoms with E-state index in [0.717, 1.165) is 38.2 Å². The summed E-state index contributed by atoms with van der Waals surface area (Å²) < 4.78 is 1.94. The molecule has 0 aliphatic heterocycles. The fraction of sp³-hybridized carbons (Fsp3) is 0.111. The first-order valence-electron chi connectivity index (χ1n) is 7.73. The first-order valence-corrected chi connectivity index (χ1v) is 8.54. The van der Waals surface area contributed by atoms with E-state index >= 15 is 0 Å². The molecule has 0 saturated carbocycles. The maximum Gasteiger partial charge on any atom is 0.172 e. The van der Waals surface area contributed by atoms with Gasteiger partial charge in [-0.1, -0.05) is 30.3 Å². The molecule has 0 aliphatic carbocycles. The minimum atomic E-state index is 0.446. The summed E-state index contributed by atoms with van der Waals surface area (Å²) in [5.74, 6) is 0. The molecule has 120 valence electrons. The fourth-order valence-corrected chi connectivity index (χ4v) is 3.77. The number of aromatic amines is 1. The lowest BCUT2D eigenvalue weighted by atomic mass is 10.3. The number of aryl methyl sites for hydroxylation is 1. The summed E-state index contributed by atoms with van der Waals surface area (Å²) in [6.45, 7) is 2.44. The van der Waals surface area contributed by atoms with Crippen molar-refractivity contribution in [3.05, 3.63) is 65.9 Å². The van der Waals surface area contributed by atoms with Crippen molar-refractivity contribution in [3.8, 4) is 5.69 Å². The fourth-order valence-electron chi connectivity index (χ4n) is 2.69. The van der Waals surface area contributed by atoms with Crippen molar-refractivity contribution in [2.45, 2.75) is 23.7 Å². The molecule has 0 fully saturated rings. The van der Waals surface area contributed by atoms with Crippen molar-refractivity contribution in [2.24, 2.45) is 5.73 Å². The van der Waals surface area contributed by atoms with E-state index in [0.29, 0.717) is 6.54 Å². The predicted octanol–water partition coefficient (Wildman–Crippen LogP) is 3.67. The molecule has 0 radical (unpaired) electrons. The van der Waals surface area contributed by atoms with Crippen molar-refractivity contribution in [1.82, 2.24) is 19.7 Å². The summed E-state index contributed by atoms with van der Waals surface area (Å²) in [5, 5.41) is 6.51. The average molecular weight is 335 g/mol. The Labute approximate surface area is 143 Å². The summed E-state index contributed by atoms with van der Waals surface area (Å²) in [6, 6.07) is 18.1. The van der Waals surface area contributed by atoms with Gasteiger partial charge in [0.1, 0.15) is 5.03 Å². The van der Waals surface area contributed by atoms with Crippen LogP contribution in [0.5, 0.6) is 0 Å². The van der Waals surface area contributed by atoms with Gasteiger partial charge in [-0.15, -0.1) is 0 Å². The Morgan fingerprint density at radius 1 is 1.08 bits per heavy atom. The standard InChI is InChI=1S/C18H17N5S/c1-12-14(11-19)17(23(22-12)13-7-3-2-4-8-13)24-18-20-15-9-5-6-10-16(15)21-18/h2-10H,11,19H2,1H3,(H,20,21). The first-order chi connectivity index (χ1) is 11.8. The van der Waals surface area contributed by atoms with Gasteiger partial charge in [-0.25, -0.2) is 9.67 Å². The molecule has 0 atom stereocenters. The Hall–Kier alpha value is -2.57. The molecular formula is C18H17N5S. The van der Waals surface area contributed by atoms with Crippen molar-refractivity contribution in [3.63, 3.8) is 0 Å². The second-order valence-corrected chi connectivity index (χ2v) is 6.46. The second kappa shape index (κ2) is 6.14. The lowest BCUT2D eigenvalue weighted by Gasteiger charge is -2.07. The molecule has 4 rings (SSSR count). The van der Waals surface area contributed by atoms with Gasteiger partial charge in [0.2, 0.25) is 0 Å². The lowest BCUT2D eigenvalue weighted by Crippen LogP contribution is -2.01. The SMILES string of the molecule is Cc1nn(-c2ccccc2)c(Sc2nc3ccccc3[nH]2)c1CN. The quantitative estimate of drug-likeness (QED) is 0.597. The molecule has 0 amide bonds. The van der Waals surface area contributed by atoms with Gasteiger partial charge in [-0.05, 0) is 43.0 Å².